The Morgan fingerprint density at radius 3 is 2.19 bits per heavy atom. The normalized spacial score (nSPS) is 20.0. The number of amides is 1. The van der Waals surface area contributed by atoms with E-state index in [0.29, 0.717) is 19.3 Å². The molecular formula is C17H23F3N2O3S. The average molecular weight is 392 g/mol. The summed E-state index contributed by atoms with van der Waals surface area (Å²) in [7, 11) is -4.07. The van der Waals surface area contributed by atoms with Crippen LogP contribution in [-0.4, -0.2) is 36.8 Å². The van der Waals surface area contributed by atoms with Crippen LogP contribution in [0.15, 0.2) is 29.2 Å². The Balaban J connectivity index is 2.31. The fourth-order valence-corrected chi connectivity index (χ4v) is 4.52. The first-order chi connectivity index (χ1) is 11.8. The Labute approximate surface area is 151 Å². The second-order valence-corrected chi connectivity index (χ2v) is 9.28. The summed E-state index contributed by atoms with van der Waals surface area (Å²) in [6.45, 7) is 5.54. The summed E-state index contributed by atoms with van der Waals surface area (Å²) in [6, 6.07) is 2.48. The minimum Gasteiger partial charge on any atom is -0.350 e. The summed E-state index contributed by atoms with van der Waals surface area (Å²) >= 11 is 0. The maximum Gasteiger partial charge on any atom is 0.416 e. The molecule has 146 valence electrons. The summed E-state index contributed by atoms with van der Waals surface area (Å²) < 4.78 is 64.9. The van der Waals surface area contributed by atoms with Gasteiger partial charge in [0.15, 0.2) is 0 Å². The van der Waals surface area contributed by atoms with E-state index < -0.39 is 39.3 Å². The van der Waals surface area contributed by atoms with Gasteiger partial charge in [-0.2, -0.15) is 17.5 Å². The predicted molar refractivity (Wildman–Crippen MR) is 90.9 cm³/mol. The first-order valence-electron chi connectivity index (χ1n) is 8.33. The van der Waals surface area contributed by atoms with E-state index in [4.69, 9.17) is 0 Å². The van der Waals surface area contributed by atoms with Crippen molar-refractivity contribution in [3.63, 3.8) is 0 Å². The van der Waals surface area contributed by atoms with Gasteiger partial charge in [0, 0.05) is 12.1 Å². The molecule has 1 aromatic rings. The molecule has 1 saturated heterocycles. The summed E-state index contributed by atoms with van der Waals surface area (Å²) in [4.78, 5) is 12.3. The average Bonchev–Trinajstić information content (AvgIpc) is 2.52. The molecule has 26 heavy (non-hydrogen) atoms. The molecule has 1 N–H and O–H groups in total. The molecular weight excluding hydrogens is 369 g/mol. The Kier molecular flexibility index (Phi) is 5.72. The quantitative estimate of drug-likeness (QED) is 0.859. The van der Waals surface area contributed by atoms with E-state index in [1.54, 1.807) is 20.8 Å². The highest BCUT2D eigenvalue weighted by Gasteiger charge is 2.39. The number of carbonyl (C=O) groups excluding carboxylic acids is 1. The van der Waals surface area contributed by atoms with Crippen molar-refractivity contribution in [3.05, 3.63) is 29.8 Å². The standard InChI is InChI=1S/C17H23F3N2O3S/c1-16(2,3)21-15(23)14-6-4-5-11-22(14)26(24,25)13-9-7-12(8-10-13)17(18,19)20/h7-10,14H,4-6,11H2,1-3H3,(H,21,23). The van der Waals surface area contributed by atoms with E-state index in [1.807, 2.05) is 0 Å². The van der Waals surface area contributed by atoms with Crippen molar-refractivity contribution in [2.75, 3.05) is 6.54 Å². The number of nitrogens with zero attached hydrogens (tertiary/aromatic N) is 1. The van der Waals surface area contributed by atoms with Gasteiger partial charge in [0.05, 0.1) is 10.5 Å². The second kappa shape index (κ2) is 7.19. The van der Waals surface area contributed by atoms with Crippen LogP contribution in [0, 0.1) is 0 Å². The summed E-state index contributed by atoms with van der Waals surface area (Å²) in [5, 5.41) is 2.78. The second-order valence-electron chi connectivity index (χ2n) is 7.39. The minimum absolute atomic E-state index is 0.158. The number of piperidine rings is 1. The fraction of sp³-hybridized carbons (Fsp3) is 0.588. The lowest BCUT2D eigenvalue weighted by atomic mass is 10.0. The molecule has 1 aliphatic rings. The zero-order chi connectivity index (χ0) is 19.8. The van der Waals surface area contributed by atoms with Crippen molar-refractivity contribution in [2.24, 2.45) is 0 Å². The molecule has 1 atom stereocenters. The molecule has 1 heterocycles. The molecule has 5 nitrogen and oxygen atoms in total. The summed E-state index contributed by atoms with van der Waals surface area (Å²) in [6.07, 6.45) is -2.86. The van der Waals surface area contributed by atoms with Gasteiger partial charge in [0.2, 0.25) is 15.9 Å². The number of alkyl halides is 3. The number of hydrogen-bond acceptors (Lipinski definition) is 3. The van der Waals surface area contributed by atoms with Gasteiger partial charge in [0.1, 0.15) is 6.04 Å². The van der Waals surface area contributed by atoms with Crippen LogP contribution in [0.3, 0.4) is 0 Å². The predicted octanol–water partition coefficient (Wildman–Crippen LogP) is 3.16. The van der Waals surface area contributed by atoms with E-state index in [2.05, 4.69) is 5.32 Å². The van der Waals surface area contributed by atoms with Crippen molar-refractivity contribution in [2.45, 2.75) is 62.7 Å². The van der Waals surface area contributed by atoms with Gasteiger partial charge in [0.25, 0.3) is 0 Å². The number of carbonyl (C=O) groups is 1. The van der Waals surface area contributed by atoms with Gasteiger partial charge in [-0.3, -0.25) is 4.79 Å². The molecule has 0 bridgehead atoms. The molecule has 0 aromatic heterocycles. The molecule has 0 spiro atoms. The smallest absolute Gasteiger partial charge is 0.350 e. The van der Waals surface area contributed by atoms with E-state index >= 15 is 0 Å². The molecule has 0 saturated carbocycles. The van der Waals surface area contributed by atoms with Gasteiger partial charge in [-0.05, 0) is 57.9 Å². The largest absolute Gasteiger partial charge is 0.416 e. The van der Waals surface area contributed by atoms with Gasteiger partial charge in [-0.25, -0.2) is 8.42 Å². The molecule has 2 rings (SSSR count). The van der Waals surface area contributed by atoms with Gasteiger partial charge < -0.3 is 5.32 Å². The number of rotatable bonds is 3. The Morgan fingerprint density at radius 1 is 1.12 bits per heavy atom. The van der Waals surface area contributed by atoms with Crippen molar-refractivity contribution in [3.8, 4) is 0 Å². The van der Waals surface area contributed by atoms with Crippen molar-refractivity contribution in [1.29, 1.82) is 0 Å². The minimum atomic E-state index is -4.54. The Morgan fingerprint density at radius 2 is 1.69 bits per heavy atom. The maximum atomic E-state index is 12.9. The van der Waals surface area contributed by atoms with E-state index in [-0.39, 0.29) is 11.4 Å². The lowest BCUT2D eigenvalue weighted by Gasteiger charge is -2.35. The molecule has 0 radical (unpaired) electrons. The summed E-state index contributed by atoms with van der Waals surface area (Å²) in [5.74, 6) is -0.396. The highest BCUT2D eigenvalue weighted by Crippen LogP contribution is 2.31. The molecule has 9 heteroatoms. The number of benzene rings is 1. The van der Waals surface area contributed by atoms with E-state index in [1.165, 1.54) is 0 Å². The summed E-state index contributed by atoms with van der Waals surface area (Å²) in [5.41, 5.74) is -1.43. The van der Waals surface area contributed by atoms with Gasteiger partial charge >= 0.3 is 6.18 Å². The van der Waals surface area contributed by atoms with Crippen molar-refractivity contribution >= 4 is 15.9 Å². The first kappa shape index (κ1) is 20.7. The highest BCUT2D eigenvalue weighted by atomic mass is 32.2. The third-order valence-corrected chi connectivity index (χ3v) is 5.97. The first-order valence-corrected chi connectivity index (χ1v) is 9.77. The van der Waals surface area contributed by atoms with Crippen LogP contribution in [0.25, 0.3) is 0 Å². The van der Waals surface area contributed by atoms with E-state index in [0.717, 1.165) is 28.6 Å². The van der Waals surface area contributed by atoms with Crippen LogP contribution >= 0.6 is 0 Å². The van der Waals surface area contributed by atoms with Crippen LogP contribution < -0.4 is 5.32 Å². The number of sulfonamides is 1. The SMILES string of the molecule is CC(C)(C)NC(=O)C1CCCCN1S(=O)(=O)c1ccc(C(F)(F)F)cc1. The van der Waals surface area contributed by atoms with Crippen LogP contribution in [0.4, 0.5) is 13.2 Å². The lowest BCUT2D eigenvalue weighted by molar-refractivity contribution is -0.137. The van der Waals surface area contributed by atoms with Crippen molar-refractivity contribution < 1.29 is 26.4 Å². The molecule has 0 aliphatic carbocycles. The lowest BCUT2D eigenvalue weighted by Crippen LogP contribution is -2.55. The van der Waals surface area contributed by atoms with Crippen LogP contribution in [0.2, 0.25) is 0 Å². The fourth-order valence-electron chi connectivity index (χ4n) is 2.86. The molecule has 1 aromatic carbocycles. The zero-order valence-electron chi connectivity index (χ0n) is 14.9. The highest BCUT2D eigenvalue weighted by molar-refractivity contribution is 7.89. The third-order valence-electron chi connectivity index (χ3n) is 4.04. The van der Waals surface area contributed by atoms with Crippen LogP contribution in [0.5, 0.6) is 0 Å². The number of halogens is 3. The maximum absolute atomic E-state index is 12.9. The zero-order valence-corrected chi connectivity index (χ0v) is 15.7. The number of nitrogens with one attached hydrogen (secondary N) is 1. The van der Waals surface area contributed by atoms with Gasteiger partial charge in [-0.15, -0.1) is 0 Å². The monoisotopic (exact) mass is 392 g/mol. The van der Waals surface area contributed by atoms with Gasteiger partial charge in [-0.1, -0.05) is 6.42 Å². The molecule has 1 unspecified atom stereocenters. The third kappa shape index (κ3) is 4.76. The molecule has 1 aliphatic heterocycles. The number of hydrogen-bond donors (Lipinski definition) is 1. The Bertz CT molecular complexity index is 753. The Hall–Kier alpha value is -1.61. The van der Waals surface area contributed by atoms with Crippen LogP contribution in [0.1, 0.15) is 45.6 Å². The van der Waals surface area contributed by atoms with Crippen LogP contribution in [-0.2, 0) is 21.0 Å². The van der Waals surface area contributed by atoms with E-state index in [9.17, 15) is 26.4 Å². The molecule has 1 fully saturated rings. The topological polar surface area (TPSA) is 66.5 Å². The molecule has 1 amide bonds. The van der Waals surface area contributed by atoms with Crippen molar-refractivity contribution in [1.82, 2.24) is 9.62 Å².